The fourth-order valence-corrected chi connectivity index (χ4v) is 4.56. The number of thiophene rings is 1. The Morgan fingerprint density at radius 2 is 1.84 bits per heavy atom. The summed E-state index contributed by atoms with van der Waals surface area (Å²) in [6, 6.07) is 12.1. The number of hydrogen-bond donors (Lipinski definition) is 1. The summed E-state index contributed by atoms with van der Waals surface area (Å²) < 4.78 is 19.6. The summed E-state index contributed by atoms with van der Waals surface area (Å²) in [7, 11) is 1.43. The van der Waals surface area contributed by atoms with E-state index in [9.17, 15) is 19.1 Å². The first-order chi connectivity index (χ1) is 15.3. The van der Waals surface area contributed by atoms with Gasteiger partial charge in [0.25, 0.3) is 5.91 Å². The van der Waals surface area contributed by atoms with Crippen LogP contribution in [-0.4, -0.2) is 23.9 Å². The monoisotopic (exact) mass is 451 g/mol. The Bertz CT molecular complexity index is 1200. The Hall–Kier alpha value is -3.45. The number of carbonyl (C=O) groups is 2. The van der Waals surface area contributed by atoms with E-state index >= 15 is 0 Å². The van der Waals surface area contributed by atoms with Crippen LogP contribution in [0.15, 0.2) is 70.6 Å². The predicted octanol–water partition coefficient (Wildman–Crippen LogP) is 5.69. The first-order valence-corrected chi connectivity index (χ1v) is 11.0. The van der Waals surface area contributed by atoms with Crippen LogP contribution in [0.25, 0.3) is 11.1 Å². The van der Waals surface area contributed by atoms with Gasteiger partial charge in [0.1, 0.15) is 11.6 Å². The number of carbonyl (C=O) groups excluding carboxylic acids is 2. The summed E-state index contributed by atoms with van der Waals surface area (Å²) >= 11 is 1.58. The standard InChI is InChI=1S/C25H22FNO4S/c1-14(2)23(28)21-22(19-12-17(26)6-9-20(19)31-3)27(25(30)24(21)29)18-7-4-15(5-8-18)16-10-11-32-13-16/h4-14,22,29H,1-3H3. The van der Waals surface area contributed by atoms with Crippen molar-refractivity contribution in [1.82, 2.24) is 0 Å². The number of hydrogen-bond acceptors (Lipinski definition) is 5. The lowest BCUT2D eigenvalue weighted by Crippen LogP contribution is -2.31. The molecule has 2 heterocycles. The summed E-state index contributed by atoms with van der Waals surface area (Å²) in [6.45, 7) is 3.37. The second kappa shape index (κ2) is 8.59. The van der Waals surface area contributed by atoms with E-state index in [1.165, 1.54) is 30.2 Å². The number of anilines is 1. The Morgan fingerprint density at radius 3 is 2.44 bits per heavy atom. The van der Waals surface area contributed by atoms with E-state index in [2.05, 4.69) is 0 Å². The normalized spacial score (nSPS) is 16.2. The molecule has 0 radical (unpaired) electrons. The topological polar surface area (TPSA) is 66.8 Å². The molecule has 0 saturated carbocycles. The number of ketones is 1. The smallest absolute Gasteiger partial charge is 0.294 e. The second-order valence-corrected chi connectivity index (χ2v) is 8.58. The quantitative estimate of drug-likeness (QED) is 0.523. The van der Waals surface area contributed by atoms with Gasteiger partial charge in [-0.3, -0.25) is 14.5 Å². The van der Waals surface area contributed by atoms with Gasteiger partial charge in [-0.1, -0.05) is 26.0 Å². The minimum Gasteiger partial charge on any atom is -0.503 e. The number of rotatable bonds is 6. The minimum absolute atomic E-state index is 0.0594. The maximum atomic E-state index is 14.2. The van der Waals surface area contributed by atoms with Gasteiger partial charge in [0, 0.05) is 17.2 Å². The SMILES string of the molecule is COc1ccc(F)cc1C1C(C(=O)C(C)C)=C(O)C(=O)N1c1ccc(-c2ccsc2)cc1. The van der Waals surface area contributed by atoms with Gasteiger partial charge in [0.15, 0.2) is 11.5 Å². The van der Waals surface area contributed by atoms with Gasteiger partial charge in [-0.25, -0.2) is 4.39 Å². The first-order valence-electron chi connectivity index (χ1n) is 10.1. The fraction of sp³-hybridized carbons (Fsp3) is 0.200. The molecule has 0 saturated heterocycles. The molecule has 0 fully saturated rings. The fourth-order valence-electron chi connectivity index (χ4n) is 3.89. The zero-order valence-electron chi connectivity index (χ0n) is 17.8. The maximum Gasteiger partial charge on any atom is 0.294 e. The number of amides is 1. The van der Waals surface area contributed by atoms with E-state index in [4.69, 9.17) is 4.74 Å². The molecule has 164 valence electrons. The summed E-state index contributed by atoms with van der Waals surface area (Å²) in [4.78, 5) is 27.5. The molecule has 5 nitrogen and oxygen atoms in total. The number of benzene rings is 2. The predicted molar refractivity (Wildman–Crippen MR) is 122 cm³/mol. The molecule has 1 aromatic heterocycles. The van der Waals surface area contributed by atoms with Crippen molar-refractivity contribution in [3.63, 3.8) is 0 Å². The lowest BCUT2D eigenvalue weighted by molar-refractivity contribution is -0.119. The van der Waals surface area contributed by atoms with E-state index in [0.29, 0.717) is 11.4 Å². The highest BCUT2D eigenvalue weighted by Crippen LogP contribution is 2.45. The van der Waals surface area contributed by atoms with Crippen LogP contribution in [0.2, 0.25) is 0 Å². The van der Waals surface area contributed by atoms with Crippen molar-refractivity contribution in [2.75, 3.05) is 12.0 Å². The molecule has 32 heavy (non-hydrogen) atoms. The Labute approximate surface area is 189 Å². The van der Waals surface area contributed by atoms with Crippen molar-refractivity contribution in [3.05, 3.63) is 82.0 Å². The molecule has 1 N–H and O–H groups in total. The van der Waals surface area contributed by atoms with E-state index in [1.807, 2.05) is 29.0 Å². The van der Waals surface area contributed by atoms with Crippen LogP contribution in [0.5, 0.6) is 5.75 Å². The Kier molecular flexibility index (Phi) is 5.84. The van der Waals surface area contributed by atoms with Gasteiger partial charge in [-0.15, -0.1) is 0 Å². The first kappa shape index (κ1) is 21.8. The molecule has 0 aliphatic carbocycles. The van der Waals surface area contributed by atoms with Crippen LogP contribution in [0, 0.1) is 11.7 Å². The third-order valence-electron chi connectivity index (χ3n) is 5.48. The van der Waals surface area contributed by atoms with Gasteiger partial charge in [-0.2, -0.15) is 11.3 Å². The van der Waals surface area contributed by atoms with Crippen molar-refractivity contribution in [2.45, 2.75) is 19.9 Å². The summed E-state index contributed by atoms with van der Waals surface area (Å²) in [6.07, 6.45) is 0. The number of aliphatic hydroxyl groups is 1. The summed E-state index contributed by atoms with van der Waals surface area (Å²) in [5, 5.41) is 14.7. The van der Waals surface area contributed by atoms with E-state index in [0.717, 1.165) is 11.1 Å². The van der Waals surface area contributed by atoms with Crippen molar-refractivity contribution in [2.24, 2.45) is 5.92 Å². The lowest BCUT2D eigenvalue weighted by Gasteiger charge is -2.28. The molecule has 7 heteroatoms. The molecule has 0 spiro atoms. The maximum absolute atomic E-state index is 14.2. The molecule has 1 atom stereocenters. The highest BCUT2D eigenvalue weighted by molar-refractivity contribution is 7.08. The van der Waals surface area contributed by atoms with Gasteiger partial charge in [0.2, 0.25) is 0 Å². The minimum atomic E-state index is -1.02. The van der Waals surface area contributed by atoms with Crippen LogP contribution in [0.4, 0.5) is 10.1 Å². The molecular formula is C25H22FNO4S. The van der Waals surface area contributed by atoms with Crippen LogP contribution >= 0.6 is 11.3 Å². The van der Waals surface area contributed by atoms with Gasteiger partial charge in [-0.05, 0) is 58.3 Å². The highest BCUT2D eigenvalue weighted by atomic mass is 32.1. The Balaban J connectivity index is 1.87. The average molecular weight is 452 g/mol. The highest BCUT2D eigenvalue weighted by Gasteiger charge is 2.46. The van der Waals surface area contributed by atoms with E-state index in [-0.39, 0.29) is 16.9 Å². The van der Waals surface area contributed by atoms with Gasteiger partial charge < -0.3 is 9.84 Å². The number of Topliss-reactive ketones (excluding diaryl/α,β-unsaturated/α-hetero) is 1. The van der Waals surface area contributed by atoms with Crippen molar-refractivity contribution >= 4 is 28.7 Å². The molecule has 2 aromatic carbocycles. The van der Waals surface area contributed by atoms with Gasteiger partial charge >= 0.3 is 0 Å². The van der Waals surface area contributed by atoms with Gasteiger partial charge in [0.05, 0.1) is 18.7 Å². The molecule has 0 bridgehead atoms. The van der Waals surface area contributed by atoms with Crippen molar-refractivity contribution in [1.29, 1.82) is 0 Å². The summed E-state index contributed by atoms with van der Waals surface area (Å²) in [5.74, 6) is -2.42. The number of nitrogens with zero attached hydrogens (tertiary/aromatic N) is 1. The molecule has 4 rings (SSSR count). The van der Waals surface area contributed by atoms with E-state index < -0.39 is 29.4 Å². The molecule has 1 aliphatic heterocycles. The second-order valence-electron chi connectivity index (χ2n) is 7.80. The number of ether oxygens (including phenoxy) is 1. The van der Waals surface area contributed by atoms with Crippen LogP contribution in [-0.2, 0) is 9.59 Å². The van der Waals surface area contributed by atoms with E-state index in [1.54, 1.807) is 37.3 Å². The lowest BCUT2D eigenvalue weighted by atomic mass is 9.90. The molecular weight excluding hydrogens is 429 g/mol. The number of methoxy groups -OCH3 is 1. The largest absolute Gasteiger partial charge is 0.503 e. The molecule has 1 unspecified atom stereocenters. The molecule has 1 aliphatic rings. The van der Waals surface area contributed by atoms with Crippen LogP contribution < -0.4 is 9.64 Å². The van der Waals surface area contributed by atoms with Crippen molar-refractivity contribution in [3.8, 4) is 16.9 Å². The molecule has 3 aromatic rings. The van der Waals surface area contributed by atoms with Crippen LogP contribution in [0.3, 0.4) is 0 Å². The zero-order chi connectivity index (χ0) is 23.0. The average Bonchev–Trinajstić information content (AvgIpc) is 3.41. The summed E-state index contributed by atoms with van der Waals surface area (Å²) in [5.41, 5.74) is 2.72. The zero-order valence-corrected chi connectivity index (χ0v) is 18.7. The third-order valence-corrected chi connectivity index (χ3v) is 6.17. The third kappa shape index (κ3) is 3.69. The van der Waals surface area contributed by atoms with Crippen molar-refractivity contribution < 1.29 is 23.8 Å². The number of aliphatic hydroxyl groups excluding tert-OH is 1. The van der Waals surface area contributed by atoms with Crippen LogP contribution in [0.1, 0.15) is 25.5 Å². The Morgan fingerprint density at radius 1 is 1.12 bits per heavy atom. The number of halogens is 1. The molecule has 1 amide bonds.